The zero-order chi connectivity index (χ0) is 18.1. The lowest BCUT2D eigenvalue weighted by Crippen LogP contribution is -2.27. The Hall–Kier alpha value is -1.93. The van der Waals surface area contributed by atoms with E-state index in [0.717, 1.165) is 74.8 Å². The minimum absolute atomic E-state index is 0.0395. The summed E-state index contributed by atoms with van der Waals surface area (Å²) in [6.07, 6.45) is -1.44. The summed E-state index contributed by atoms with van der Waals surface area (Å²) in [6.45, 7) is 3.80. The van der Waals surface area contributed by atoms with Gasteiger partial charge in [0.25, 0.3) is 0 Å². The molecule has 5 nitrogen and oxygen atoms in total. The second-order valence-electron chi connectivity index (χ2n) is 6.85. The van der Waals surface area contributed by atoms with E-state index < -0.39 is 11.7 Å². The highest BCUT2D eigenvalue weighted by Crippen LogP contribution is 2.30. The van der Waals surface area contributed by atoms with Crippen LogP contribution in [0.3, 0.4) is 0 Å². The molecule has 2 aliphatic rings. The molecule has 1 fully saturated rings. The predicted octanol–water partition coefficient (Wildman–Crippen LogP) is 3.21. The fourth-order valence-corrected chi connectivity index (χ4v) is 3.62. The van der Waals surface area contributed by atoms with E-state index in [1.165, 1.54) is 0 Å². The van der Waals surface area contributed by atoms with Crippen LogP contribution in [-0.2, 0) is 30.4 Å². The van der Waals surface area contributed by atoms with Gasteiger partial charge in [0, 0.05) is 39.2 Å². The number of aromatic nitrogens is 3. The minimum atomic E-state index is -4.29. The van der Waals surface area contributed by atoms with Crippen molar-refractivity contribution in [3.8, 4) is 0 Å². The van der Waals surface area contributed by atoms with Gasteiger partial charge in [-0.2, -0.15) is 13.2 Å². The second-order valence-corrected chi connectivity index (χ2v) is 6.85. The van der Waals surface area contributed by atoms with Gasteiger partial charge in [0.1, 0.15) is 11.9 Å². The molecule has 2 aliphatic heterocycles. The zero-order valence-electron chi connectivity index (χ0n) is 14.4. The summed E-state index contributed by atoms with van der Waals surface area (Å²) in [5, 5.41) is 8.65. The first kappa shape index (κ1) is 17.5. The molecule has 0 amide bonds. The summed E-state index contributed by atoms with van der Waals surface area (Å²) in [7, 11) is 0. The highest BCUT2D eigenvalue weighted by molar-refractivity contribution is 5.24. The standard InChI is InChI=1S/C18H21F3N4O/c19-18(20,21)14-5-3-13(4-6-14)12-24-8-7-16-22-23-17(25(16)10-9-24)15-2-1-11-26-15/h3-6,15H,1-2,7-12H2. The summed E-state index contributed by atoms with van der Waals surface area (Å²) >= 11 is 0. The van der Waals surface area contributed by atoms with E-state index in [9.17, 15) is 13.2 Å². The van der Waals surface area contributed by atoms with Gasteiger partial charge in [0.05, 0.1) is 5.56 Å². The molecule has 140 valence electrons. The van der Waals surface area contributed by atoms with Gasteiger partial charge in [-0.25, -0.2) is 0 Å². The van der Waals surface area contributed by atoms with Gasteiger partial charge in [0.15, 0.2) is 5.82 Å². The van der Waals surface area contributed by atoms with E-state index in [1.54, 1.807) is 12.1 Å². The molecule has 3 heterocycles. The molecule has 1 aromatic carbocycles. The van der Waals surface area contributed by atoms with Crippen molar-refractivity contribution in [2.75, 3.05) is 19.7 Å². The van der Waals surface area contributed by atoms with Crippen molar-refractivity contribution >= 4 is 0 Å². The van der Waals surface area contributed by atoms with Crippen LogP contribution in [-0.4, -0.2) is 39.4 Å². The van der Waals surface area contributed by atoms with E-state index in [2.05, 4.69) is 19.7 Å². The van der Waals surface area contributed by atoms with Crippen LogP contribution in [0.5, 0.6) is 0 Å². The molecule has 1 aromatic heterocycles. The van der Waals surface area contributed by atoms with Crippen molar-refractivity contribution in [2.45, 2.75) is 44.6 Å². The van der Waals surface area contributed by atoms with Crippen molar-refractivity contribution in [3.05, 3.63) is 47.0 Å². The monoisotopic (exact) mass is 366 g/mol. The topological polar surface area (TPSA) is 43.2 Å². The summed E-state index contributed by atoms with van der Waals surface area (Å²) < 4.78 is 45.9. The number of rotatable bonds is 3. The summed E-state index contributed by atoms with van der Waals surface area (Å²) in [5.74, 6) is 1.87. The largest absolute Gasteiger partial charge is 0.416 e. The summed E-state index contributed by atoms with van der Waals surface area (Å²) in [5.41, 5.74) is 0.277. The fourth-order valence-electron chi connectivity index (χ4n) is 3.62. The van der Waals surface area contributed by atoms with E-state index in [1.807, 2.05) is 0 Å². The number of hydrogen-bond donors (Lipinski definition) is 0. The van der Waals surface area contributed by atoms with E-state index in [4.69, 9.17) is 4.74 Å². The minimum Gasteiger partial charge on any atom is -0.370 e. The molecule has 0 bridgehead atoms. The molecule has 0 radical (unpaired) electrons. The molecule has 0 aliphatic carbocycles. The van der Waals surface area contributed by atoms with Gasteiger partial charge < -0.3 is 9.30 Å². The quantitative estimate of drug-likeness (QED) is 0.837. The lowest BCUT2D eigenvalue weighted by atomic mass is 10.1. The maximum absolute atomic E-state index is 12.7. The Balaban J connectivity index is 1.41. The van der Waals surface area contributed by atoms with E-state index in [0.29, 0.717) is 6.54 Å². The van der Waals surface area contributed by atoms with Crippen molar-refractivity contribution in [1.82, 2.24) is 19.7 Å². The number of alkyl halides is 3. The molecule has 4 rings (SSSR count). The first-order valence-electron chi connectivity index (χ1n) is 8.93. The van der Waals surface area contributed by atoms with E-state index in [-0.39, 0.29) is 6.10 Å². The molecule has 1 unspecified atom stereocenters. The number of hydrogen-bond acceptors (Lipinski definition) is 4. The normalized spacial score (nSPS) is 21.6. The first-order valence-corrected chi connectivity index (χ1v) is 8.93. The average Bonchev–Trinajstić information content (AvgIpc) is 3.22. The molecular weight excluding hydrogens is 345 g/mol. The molecule has 0 spiro atoms. The molecule has 2 aromatic rings. The van der Waals surface area contributed by atoms with Crippen molar-refractivity contribution in [2.24, 2.45) is 0 Å². The van der Waals surface area contributed by atoms with Gasteiger partial charge in [-0.05, 0) is 30.5 Å². The van der Waals surface area contributed by atoms with Crippen molar-refractivity contribution < 1.29 is 17.9 Å². The van der Waals surface area contributed by atoms with E-state index >= 15 is 0 Å². The number of fused-ring (bicyclic) bond motifs is 1. The Labute approximate surface area is 149 Å². The van der Waals surface area contributed by atoms with Gasteiger partial charge in [-0.1, -0.05) is 12.1 Å². The molecule has 0 saturated carbocycles. The second kappa shape index (κ2) is 7.00. The number of halogens is 3. The summed E-state index contributed by atoms with van der Waals surface area (Å²) in [4.78, 5) is 2.25. The summed E-state index contributed by atoms with van der Waals surface area (Å²) in [6, 6.07) is 5.42. The molecule has 1 saturated heterocycles. The third kappa shape index (κ3) is 3.61. The van der Waals surface area contributed by atoms with Crippen LogP contribution in [0, 0.1) is 0 Å². The van der Waals surface area contributed by atoms with Crippen LogP contribution in [0.25, 0.3) is 0 Å². The van der Waals surface area contributed by atoms with Crippen LogP contribution in [0.2, 0.25) is 0 Å². The Morgan fingerprint density at radius 1 is 1.08 bits per heavy atom. The van der Waals surface area contributed by atoms with Crippen LogP contribution in [0.4, 0.5) is 13.2 Å². The third-order valence-corrected chi connectivity index (χ3v) is 5.05. The molecular formula is C18H21F3N4O. The van der Waals surface area contributed by atoms with Gasteiger partial charge in [-0.15, -0.1) is 10.2 Å². The Kier molecular flexibility index (Phi) is 4.71. The smallest absolute Gasteiger partial charge is 0.370 e. The average molecular weight is 366 g/mol. The van der Waals surface area contributed by atoms with Gasteiger partial charge in [0.2, 0.25) is 0 Å². The maximum Gasteiger partial charge on any atom is 0.416 e. The maximum atomic E-state index is 12.7. The molecule has 0 N–H and O–H groups in total. The van der Waals surface area contributed by atoms with Crippen molar-refractivity contribution in [3.63, 3.8) is 0 Å². The number of ether oxygens (including phenoxy) is 1. The SMILES string of the molecule is FC(F)(F)c1ccc(CN2CCc3nnc(C4CCCO4)n3CC2)cc1. The lowest BCUT2D eigenvalue weighted by molar-refractivity contribution is -0.137. The number of nitrogens with zero attached hydrogens (tertiary/aromatic N) is 4. The Morgan fingerprint density at radius 3 is 2.58 bits per heavy atom. The fraction of sp³-hybridized carbons (Fsp3) is 0.556. The Morgan fingerprint density at radius 2 is 1.88 bits per heavy atom. The highest BCUT2D eigenvalue weighted by Gasteiger charge is 2.30. The third-order valence-electron chi connectivity index (χ3n) is 5.05. The highest BCUT2D eigenvalue weighted by atomic mass is 19.4. The number of benzene rings is 1. The first-order chi connectivity index (χ1) is 12.5. The van der Waals surface area contributed by atoms with Crippen LogP contribution < -0.4 is 0 Å². The Bertz CT molecular complexity index is 751. The molecule has 8 heteroatoms. The van der Waals surface area contributed by atoms with Crippen molar-refractivity contribution in [1.29, 1.82) is 0 Å². The predicted molar refractivity (Wildman–Crippen MR) is 88.4 cm³/mol. The zero-order valence-corrected chi connectivity index (χ0v) is 14.4. The lowest BCUT2D eigenvalue weighted by Gasteiger charge is -2.20. The van der Waals surface area contributed by atoms with Crippen LogP contribution >= 0.6 is 0 Å². The van der Waals surface area contributed by atoms with Gasteiger partial charge >= 0.3 is 6.18 Å². The van der Waals surface area contributed by atoms with Crippen LogP contribution in [0.1, 0.15) is 41.7 Å². The van der Waals surface area contributed by atoms with Crippen LogP contribution in [0.15, 0.2) is 24.3 Å². The molecule has 1 atom stereocenters. The van der Waals surface area contributed by atoms with Gasteiger partial charge in [-0.3, -0.25) is 4.90 Å². The molecule has 26 heavy (non-hydrogen) atoms.